The summed E-state index contributed by atoms with van der Waals surface area (Å²) in [6.45, 7) is 0.184. The highest BCUT2D eigenvalue weighted by Crippen LogP contribution is 2.28. The second-order valence-corrected chi connectivity index (χ2v) is 7.83. The summed E-state index contributed by atoms with van der Waals surface area (Å²) in [7, 11) is -3.89. The highest BCUT2D eigenvalue weighted by Gasteiger charge is 2.39. The third-order valence-electron chi connectivity index (χ3n) is 4.36. The molecule has 0 aliphatic carbocycles. The Morgan fingerprint density at radius 1 is 1.08 bits per heavy atom. The lowest BCUT2D eigenvalue weighted by atomic mass is 10.1. The van der Waals surface area contributed by atoms with Gasteiger partial charge in [0.1, 0.15) is 6.04 Å². The van der Waals surface area contributed by atoms with Crippen molar-refractivity contribution in [1.29, 1.82) is 0 Å². The number of benzene rings is 2. The van der Waals surface area contributed by atoms with Crippen molar-refractivity contribution in [1.82, 2.24) is 4.31 Å². The molecule has 0 radical (unpaired) electrons. The summed E-state index contributed by atoms with van der Waals surface area (Å²) in [5.74, 6) is -1.14. The maximum atomic E-state index is 12.7. The van der Waals surface area contributed by atoms with E-state index in [0.717, 1.165) is 4.31 Å². The van der Waals surface area contributed by atoms with Crippen molar-refractivity contribution in [2.45, 2.75) is 23.8 Å². The molecule has 136 valence electrons. The number of nitrogens with zero attached hydrogens (tertiary/aromatic N) is 2. The van der Waals surface area contributed by atoms with Crippen LogP contribution in [0.3, 0.4) is 0 Å². The van der Waals surface area contributed by atoms with Crippen molar-refractivity contribution in [2.75, 3.05) is 6.54 Å². The van der Waals surface area contributed by atoms with E-state index >= 15 is 0 Å². The van der Waals surface area contributed by atoms with Crippen LogP contribution in [0.2, 0.25) is 0 Å². The van der Waals surface area contributed by atoms with Crippen LogP contribution in [0.15, 0.2) is 53.4 Å². The topological polar surface area (TPSA) is 118 Å². The lowest BCUT2D eigenvalue weighted by molar-refractivity contribution is -0.384. The lowest BCUT2D eigenvalue weighted by Crippen LogP contribution is -2.40. The number of rotatable bonds is 5. The number of carbonyl (C=O) groups is 1. The van der Waals surface area contributed by atoms with E-state index < -0.39 is 27.0 Å². The number of aliphatic carboxylic acids is 1. The molecule has 9 heteroatoms. The van der Waals surface area contributed by atoms with Gasteiger partial charge in [0.15, 0.2) is 0 Å². The van der Waals surface area contributed by atoms with Gasteiger partial charge in [-0.1, -0.05) is 12.1 Å². The zero-order valence-electron chi connectivity index (χ0n) is 13.6. The van der Waals surface area contributed by atoms with Crippen molar-refractivity contribution in [3.05, 3.63) is 58.6 Å². The van der Waals surface area contributed by atoms with Crippen LogP contribution in [0, 0.1) is 10.1 Å². The van der Waals surface area contributed by atoms with E-state index in [1.54, 1.807) is 24.3 Å². The van der Waals surface area contributed by atoms with Crippen molar-refractivity contribution in [3.63, 3.8) is 0 Å². The SMILES string of the molecule is O=C(O)[C@@H]1CCCN1S(=O)(=O)c1ccc(-c2ccc([N+](=O)[O-])cc2)cc1. The van der Waals surface area contributed by atoms with Crippen LogP contribution >= 0.6 is 0 Å². The molecule has 3 rings (SSSR count). The first-order valence-electron chi connectivity index (χ1n) is 7.90. The largest absolute Gasteiger partial charge is 0.480 e. The predicted molar refractivity (Wildman–Crippen MR) is 93.1 cm³/mol. The first-order chi connectivity index (χ1) is 12.3. The number of carboxylic acid groups (broad SMARTS) is 1. The van der Waals surface area contributed by atoms with E-state index in [2.05, 4.69) is 0 Å². The number of hydrogen-bond donors (Lipinski definition) is 1. The molecular formula is C17H16N2O6S. The highest BCUT2D eigenvalue weighted by atomic mass is 32.2. The van der Waals surface area contributed by atoms with Crippen LogP contribution in [0.1, 0.15) is 12.8 Å². The van der Waals surface area contributed by atoms with Crippen molar-refractivity contribution < 1.29 is 23.2 Å². The van der Waals surface area contributed by atoms with Gasteiger partial charge in [-0.25, -0.2) is 8.42 Å². The molecule has 0 spiro atoms. The highest BCUT2D eigenvalue weighted by molar-refractivity contribution is 7.89. The van der Waals surface area contributed by atoms with Gasteiger partial charge in [-0.05, 0) is 48.2 Å². The molecule has 1 atom stereocenters. The summed E-state index contributed by atoms with van der Waals surface area (Å²) in [4.78, 5) is 21.5. The molecule has 0 amide bonds. The van der Waals surface area contributed by atoms with E-state index in [-0.39, 0.29) is 17.1 Å². The van der Waals surface area contributed by atoms with Crippen LogP contribution in [0.5, 0.6) is 0 Å². The van der Waals surface area contributed by atoms with Gasteiger partial charge in [-0.15, -0.1) is 0 Å². The van der Waals surface area contributed by atoms with Gasteiger partial charge >= 0.3 is 5.97 Å². The molecule has 1 aliphatic heterocycles. The predicted octanol–water partition coefficient (Wildman–Crippen LogP) is 2.50. The van der Waals surface area contributed by atoms with Crippen molar-refractivity contribution in [3.8, 4) is 11.1 Å². The fraction of sp³-hybridized carbons (Fsp3) is 0.235. The summed E-state index contributed by atoms with van der Waals surface area (Å²) < 4.78 is 26.4. The van der Waals surface area contributed by atoms with Crippen molar-refractivity contribution in [2.24, 2.45) is 0 Å². The summed E-state index contributed by atoms with van der Waals surface area (Å²) >= 11 is 0. The molecule has 0 unspecified atom stereocenters. The fourth-order valence-electron chi connectivity index (χ4n) is 3.00. The molecule has 1 heterocycles. The van der Waals surface area contributed by atoms with Gasteiger partial charge in [0.25, 0.3) is 5.69 Å². The van der Waals surface area contributed by atoms with Gasteiger partial charge in [0.05, 0.1) is 9.82 Å². The molecule has 1 saturated heterocycles. The normalized spacial score (nSPS) is 17.9. The molecule has 1 aliphatic rings. The Morgan fingerprint density at radius 3 is 2.12 bits per heavy atom. The minimum Gasteiger partial charge on any atom is -0.480 e. The molecule has 0 saturated carbocycles. The number of nitro groups is 1. The van der Waals surface area contributed by atoms with E-state index in [4.69, 9.17) is 0 Å². The first-order valence-corrected chi connectivity index (χ1v) is 9.34. The summed E-state index contributed by atoms with van der Waals surface area (Å²) in [6, 6.07) is 10.9. The zero-order chi connectivity index (χ0) is 18.9. The van der Waals surface area contributed by atoms with E-state index in [0.29, 0.717) is 24.0 Å². The molecule has 0 aromatic heterocycles. The molecular weight excluding hydrogens is 360 g/mol. The second kappa shape index (κ2) is 6.85. The first kappa shape index (κ1) is 18.0. The number of sulfonamides is 1. The molecule has 1 fully saturated rings. The average Bonchev–Trinajstić information content (AvgIpc) is 3.13. The van der Waals surface area contributed by atoms with Crippen molar-refractivity contribution >= 4 is 21.7 Å². The van der Waals surface area contributed by atoms with Crippen LogP contribution in [-0.2, 0) is 14.8 Å². The molecule has 2 aromatic carbocycles. The van der Waals surface area contributed by atoms with Gasteiger partial charge in [0.2, 0.25) is 10.0 Å². The minimum atomic E-state index is -3.89. The van der Waals surface area contributed by atoms with Gasteiger partial charge in [-0.2, -0.15) is 4.31 Å². The van der Waals surface area contributed by atoms with Crippen LogP contribution in [0.25, 0.3) is 11.1 Å². The smallest absolute Gasteiger partial charge is 0.322 e. The maximum Gasteiger partial charge on any atom is 0.322 e. The quantitative estimate of drug-likeness (QED) is 0.633. The Kier molecular flexibility index (Phi) is 4.75. The summed E-state index contributed by atoms with van der Waals surface area (Å²) in [5, 5.41) is 19.9. The van der Waals surface area contributed by atoms with E-state index in [1.807, 2.05) is 0 Å². The third kappa shape index (κ3) is 3.31. The summed E-state index contributed by atoms with van der Waals surface area (Å²) in [6.07, 6.45) is 0.812. The molecule has 26 heavy (non-hydrogen) atoms. The van der Waals surface area contributed by atoms with Crippen LogP contribution in [0.4, 0.5) is 5.69 Å². The maximum absolute atomic E-state index is 12.7. The van der Waals surface area contributed by atoms with Crippen LogP contribution < -0.4 is 0 Å². The van der Waals surface area contributed by atoms with E-state index in [1.165, 1.54) is 24.3 Å². The molecule has 2 aromatic rings. The Morgan fingerprint density at radius 2 is 1.62 bits per heavy atom. The van der Waals surface area contributed by atoms with E-state index in [9.17, 15) is 28.4 Å². The zero-order valence-corrected chi connectivity index (χ0v) is 14.4. The molecule has 1 N–H and O–H groups in total. The third-order valence-corrected chi connectivity index (χ3v) is 6.28. The standard InChI is InChI=1S/C17H16N2O6S/c20-17(21)16-2-1-11-18(16)26(24,25)15-9-5-13(6-10-15)12-3-7-14(8-4-12)19(22)23/h3-10,16H,1-2,11H2,(H,20,21)/t16-/m0/s1. The molecule has 0 bridgehead atoms. The van der Waals surface area contributed by atoms with Crippen LogP contribution in [-0.4, -0.2) is 41.3 Å². The Hall–Kier alpha value is -2.78. The Labute approximate surface area is 149 Å². The second-order valence-electron chi connectivity index (χ2n) is 5.94. The summed E-state index contributed by atoms with van der Waals surface area (Å²) in [5.41, 5.74) is 1.39. The van der Waals surface area contributed by atoms with Gasteiger partial charge in [0, 0.05) is 18.7 Å². The fourth-order valence-corrected chi connectivity index (χ4v) is 4.66. The average molecular weight is 376 g/mol. The monoisotopic (exact) mass is 376 g/mol. The molecule has 8 nitrogen and oxygen atoms in total. The minimum absolute atomic E-state index is 0.0244. The number of non-ortho nitro benzene ring substituents is 1. The lowest BCUT2D eigenvalue weighted by Gasteiger charge is -2.21. The van der Waals surface area contributed by atoms with Gasteiger partial charge in [-0.3, -0.25) is 14.9 Å². The Balaban J connectivity index is 1.87. The number of hydrogen-bond acceptors (Lipinski definition) is 5. The number of nitro benzene ring substituents is 1. The van der Waals surface area contributed by atoms with Gasteiger partial charge < -0.3 is 5.11 Å². The Bertz CT molecular complexity index is 938. The number of carboxylic acids is 1.